The predicted octanol–water partition coefficient (Wildman–Crippen LogP) is 3.99. The SMILES string of the molecule is CCCCc1ccc(NC(=O)[C@H](C)NS(=O)(=O)c2ccc(Cl)cc2)cc1. The molecule has 1 amide bonds. The molecule has 140 valence electrons. The highest BCUT2D eigenvalue weighted by molar-refractivity contribution is 7.89. The van der Waals surface area contributed by atoms with Crippen molar-refractivity contribution in [2.24, 2.45) is 0 Å². The Bertz CT molecular complexity index is 834. The van der Waals surface area contributed by atoms with Crippen LogP contribution in [0.3, 0.4) is 0 Å². The van der Waals surface area contributed by atoms with Crippen LogP contribution in [0.2, 0.25) is 5.02 Å². The zero-order valence-electron chi connectivity index (χ0n) is 14.8. The van der Waals surface area contributed by atoms with Gasteiger partial charge in [-0.05, 0) is 61.7 Å². The van der Waals surface area contributed by atoms with Crippen molar-refractivity contribution in [3.05, 3.63) is 59.1 Å². The lowest BCUT2D eigenvalue weighted by molar-refractivity contribution is -0.117. The van der Waals surface area contributed by atoms with Crippen LogP contribution >= 0.6 is 11.6 Å². The summed E-state index contributed by atoms with van der Waals surface area (Å²) in [5.41, 5.74) is 1.84. The van der Waals surface area contributed by atoms with Crippen LogP contribution in [0, 0.1) is 0 Å². The molecule has 2 rings (SSSR count). The molecular formula is C19H23ClN2O3S. The van der Waals surface area contributed by atoms with Gasteiger partial charge in [-0.1, -0.05) is 37.1 Å². The molecule has 0 radical (unpaired) electrons. The fraction of sp³-hybridized carbons (Fsp3) is 0.316. The van der Waals surface area contributed by atoms with Crippen LogP contribution in [0.5, 0.6) is 0 Å². The summed E-state index contributed by atoms with van der Waals surface area (Å²) in [7, 11) is -3.80. The summed E-state index contributed by atoms with van der Waals surface area (Å²) in [6.45, 7) is 3.64. The molecule has 0 heterocycles. The summed E-state index contributed by atoms with van der Waals surface area (Å²) in [5.74, 6) is -0.427. The molecule has 2 aromatic carbocycles. The second-order valence-corrected chi connectivity index (χ2v) is 8.24. The second kappa shape index (κ2) is 9.16. The van der Waals surface area contributed by atoms with Gasteiger partial charge in [0, 0.05) is 10.7 Å². The van der Waals surface area contributed by atoms with Gasteiger partial charge in [-0.25, -0.2) is 8.42 Å². The van der Waals surface area contributed by atoms with Gasteiger partial charge in [-0.15, -0.1) is 0 Å². The van der Waals surface area contributed by atoms with E-state index in [1.54, 1.807) is 0 Å². The molecule has 0 aliphatic heterocycles. The number of aryl methyl sites for hydroxylation is 1. The van der Waals surface area contributed by atoms with E-state index in [1.165, 1.54) is 36.8 Å². The van der Waals surface area contributed by atoms with Crippen molar-refractivity contribution in [3.63, 3.8) is 0 Å². The molecule has 0 spiro atoms. The van der Waals surface area contributed by atoms with Gasteiger partial charge in [0.15, 0.2) is 0 Å². The maximum Gasteiger partial charge on any atom is 0.242 e. The average Bonchev–Trinajstić information content (AvgIpc) is 2.61. The number of sulfonamides is 1. The number of amides is 1. The fourth-order valence-corrected chi connectivity index (χ4v) is 3.68. The monoisotopic (exact) mass is 394 g/mol. The summed E-state index contributed by atoms with van der Waals surface area (Å²) in [6, 6.07) is 12.4. The van der Waals surface area contributed by atoms with E-state index >= 15 is 0 Å². The van der Waals surface area contributed by atoms with Gasteiger partial charge in [0.1, 0.15) is 0 Å². The Morgan fingerprint density at radius 3 is 2.27 bits per heavy atom. The minimum Gasteiger partial charge on any atom is -0.325 e. The lowest BCUT2D eigenvalue weighted by atomic mass is 10.1. The van der Waals surface area contributed by atoms with Gasteiger partial charge < -0.3 is 5.32 Å². The number of anilines is 1. The first-order chi connectivity index (χ1) is 12.3. The molecule has 2 aromatic rings. The third-order valence-electron chi connectivity index (χ3n) is 3.89. The highest BCUT2D eigenvalue weighted by Crippen LogP contribution is 2.15. The number of halogens is 1. The summed E-state index contributed by atoms with van der Waals surface area (Å²) in [6.07, 6.45) is 3.25. The first-order valence-corrected chi connectivity index (χ1v) is 10.4. The van der Waals surface area contributed by atoms with Gasteiger partial charge in [0.25, 0.3) is 0 Å². The number of carbonyl (C=O) groups excluding carboxylic acids is 1. The van der Waals surface area contributed by atoms with Gasteiger partial charge in [-0.2, -0.15) is 4.72 Å². The Balaban J connectivity index is 1.97. The number of benzene rings is 2. The summed E-state index contributed by atoms with van der Waals surface area (Å²) in [4.78, 5) is 12.3. The molecule has 0 aromatic heterocycles. The molecule has 0 aliphatic rings. The van der Waals surface area contributed by atoms with Crippen molar-refractivity contribution in [2.75, 3.05) is 5.32 Å². The van der Waals surface area contributed by atoms with Crippen molar-refractivity contribution in [1.29, 1.82) is 0 Å². The summed E-state index contributed by atoms with van der Waals surface area (Å²) >= 11 is 5.77. The molecule has 2 N–H and O–H groups in total. The van der Waals surface area contributed by atoms with Crippen molar-refractivity contribution in [1.82, 2.24) is 4.72 Å². The van der Waals surface area contributed by atoms with Crippen LogP contribution in [-0.2, 0) is 21.2 Å². The van der Waals surface area contributed by atoms with E-state index in [-0.39, 0.29) is 4.90 Å². The quantitative estimate of drug-likeness (QED) is 0.710. The second-order valence-electron chi connectivity index (χ2n) is 6.09. The molecular weight excluding hydrogens is 372 g/mol. The van der Waals surface area contributed by atoms with Crippen LogP contribution < -0.4 is 10.0 Å². The molecule has 0 bridgehead atoms. The van der Waals surface area contributed by atoms with Crippen LogP contribution in [0.25, 0.3) is 0 Å². The Labute approximate surface area is 159 Å². The Hall–Kier alpha value is -1.89. The van der Waals surface area contributed by atoms with Gasteiger partial charge >= 0.3 is 0 Å². The molecule has 0 fully saturated rings. The molecule has 0 saturated carbocycles. The number of unbranched alkanes of at least 4 members (excludes halogenated alkanes) is 1. The van der Waals surface area contributed by atoms with E-state index in [4.69, 9.17) is 11.6 Å². The lowest BCUT2D eigenvalue weighted by Gasteiger charge is -2.15. The number of nitrogens with one attached hydrogen (secondary N) is 2. The third kappa shape index (κ3) is 5.83. The normalized spacial score (nSPS) is 12.6. The predicted molar refractivity (Wildman–Crippen MR) is 105 cm³/mol. The topological polar surface area (TPSA) is 75.3 Å². The maximum atomic E-state index is 12.3. The highest BCUT2D eigenvalue weighted by atomic mass is 35.5. The molecule has 0 unspecified atom stereocenters. The van der Waals surface area contributed by atoms with Crippen molar-refractivity contribution in [3.8, 4) is 0 Å². The molecule has 0 aliphatic carbocycles. The van der Waals surface area contributed by atoms with Crippen LogP contribution in [0.15, 0.2) is 53.4 Å². The first-order valence-electron chi connectivity index (χ1n) is 8.49. The zero-order valence-corrected chi connectivity index (χ0v) is 16.4. The Morgan fingerprint density at radius 1 is 1.08 bits per heavy atom. The van der Waals surface area contributed by atoms with Gasteiger partial charge in [-0.3, -0.25) is 4.79 Å². The lowest BCUT2D eigenvalue weighted by Crippen LogP contribution is -2.41. The molecule has 26 heavy (non-hydrogen) atoms. The number of hydrogen-bond donors (Lipinski definition) is 2. The number of rotatable bonds is 8. The summed E-state index contributed by atoms with van der Waals surface area (Å²) in [5, 5.41) is 3.16. The van der Waals surface area contributed by atoms with Crippen molar-refractivity contribution in [2.45, 2.75) is 44.0 Å². The summed E-state index contributed by atoms with van der Waals surface area (Å²) < 4.78 is 27.0. The standard InChI is InChI=1S/C19H23ClN2O3S/c1-3-4-5-15-6-10-17(11-7-15)21-19(23)14(2)22-26(24,25)18-12-8-16(20)9-13-18/h6-14,22H,3-5H2,1-2H3,(H,21,23)/t14-/m0/s1. The third-order valence-corrected chi connectivity index (χ3v) is 5.70. The van der Waals surface area contributed by atoms with Crippen LogP contribution in [-0.4, -0.2) is 20.4 Å². The zero-order chi connectivity index (χ0) is 19.2. The molecule has 0 saturated heterocycles. The highest BCUT2D eigenvalue weighted by Gasteiger charge is 2.22. The van der Waals surface area contributed by atoms with Crippen molar-refractivity contribution >= 4 is 33.2 Å². The minimum atomic E-state index is -3.80. The largest absolute Gasteiger partial charge is 0.325 e. The minimum absolute atomic E-state index is 0.0572. The fourth-order valence-electron chi connectivity index (χ4n) is 2.35. The average molecular weight is 395 g/mol. The van der Waals surface area contributed by atoms with Gasteiger partial charge in [0.05, 0.1) is 10.9 Å². The van der Waals surface area contributed by atoms with E-state index in [0.29, 0.717) is 10.7 Å². The van der Waals surface area contributed by atoms with Crippen LogP contribution in [0.4, 0.5) is 5.69 Å². The molecule has 5 nitrogen and oxygen atoms in total. The van der Waals surface area contributed by atoms with E-state index in [0.717, 1.165) is 19.3 Å². The van der Waals surface area contributed by atoms with E-state index in [1.807, 2.05) is 24.3 Å². The Kier molecular flexibility index (Phi) is 7.20. The van der Waals surface area contributed by atoms with Crippen molar-refractivity contribution < 1.29 is 13.2 Å². The number of carbonyl (C=O) groups is 1. The maximum absolute atomic E-state index is 12.3. The van der Waals surface area contributed by atoms with E-state index in [9.17, 15) is 13.2 Å². The molecule has 1 atom stereocenters. The van der Waals surface area contributed by atoms with E-state index < -0.39 is 22.0 Å². The Morgan fingerprint density at radius 2 is 1.69 bits per heavy atom. The van der Waals surface area contributed by atoms with E-state index in [2.05, 4.69) is 17.0 Å². The first kappa shape index (κ1) is 20.4. The number of hydrogen-bond acceptors (Lipinski definition) is 3. The van der Waals surface area contributed by atoms with Crippen LogP contribution in [0.1, 0.15) is 32.3 Å². The molecule has 7 heteroatoms. The smallest absolute Gasteiger partial charge is 0.242 e. The van der Waals surface area contributed by atoms with Gasteiger partial charge in [0.2, 0.25) is 15.9 Å².